The van der Waals surface area contributed by atoms with Crippen LogP contribution >= 0.6 is 0 Å². The van der Waals surface area contributed by atoms with Gasteiger partial charge in [0.15, 0.2) is 0 Å². The molecule has 1 aliphatic rings. The van der Waals surface area contributed by atoms with E-state index in [1.54, 1.807) is 4.90 Å². The fourth-order valence-electron chi connectivity index (χ4n) is 1.42. The highest BCUT2D eigenvalue weighted by atomic mass is 16.6. The number of quaternary nitrogens is 1. The van der Waals surface area contributed by atoms with Gasteiger partial charge in [0.05, 0.1) is 18.7 Å². The summed E-state index contributed by atoms with van der Waals surface area (Å²) in [6, 6.07) is 0. The van der Waals surface area contributed by atoms with Crippen LogP contribution in [0.3, 0.4) is 0 Å². The molecule has 1 rings (SSSR count). The fraction of sp³-hybridized carbons (Fsp3) is 1.00. The first-order chi connectivity index (χ1) is 5.10. The van der Waals surface area contributed by atoms with Crippen LogP contribution in [0.1, 0.15) is 27.7 Å². The second-order valence-electron chi connectivity index (χ2n) is 3.87. The van der Waals surface area contributed by atoms with Crippen molar-refractivity contribution in [3.05, 3.63) is 0 Å². The lowest BCUT2D eigenvalue weighted by atomic mass is 10.1. The van der Waals surface area contributed by atoms with Crippen LogP contribution in [0, 0.1) is 0 Å². The topological polar surface area (TPSA) is 17.0 Å². The van der Waals surface area contributed by atoms with E-state index in [0.717, 1.165) is 0 Å². The van der Waals surface area contributed by atoms with E-state index in [0.29, 0.717) is 6.10 Å². The molecular formula is C9H20NO+. The van der Waals surface area contributed by atoms with Crippen LogP contribution in [-0.4, -0.2) is 31.3 Å². The van der Waals surface area contributed by atoms with Crippen molar-refractivity contribution in [1.82, 2.24) is 0 Å². The number of nitrogens with one attached hydrogen (secondary N) is 1. The molecular weight excluding hydrogens is 138 g/mol. The van der Waals surface area contributed by atoms with Gasteiger partial charge in [0, 0.05) is 0 Å². The Morgan fingerprint density at radius 2 is 1.73 bits per heavy atom. The number of likely N-dealkylation sites (N-methyl/N-ethyl adjacent to an activating group) is 1. The van der Waals surface area contributed by atoms with E-state index in [-0.39, 0.29) is 5.60 Å². The van der Waals surface area contributed by atoms with Crippen molar-refractivity contribution in [2.75, 3.05) is 19.6 Å². The average Bonchev–Trinajstić information content (AvgIpc) is 2.54. The third kappa shape index (κ3) is 2.17. The molecule has 0 amide bonds. The zero-order chi connectivity index (χ0) is 8.48. The summed E-state index contributed by atoms with van der Waals surface area (Å²) in [6.07, 6.45) is 0.511. The second kappa shape index (κ2) is 3.11. The van der Waals surface area contributed by atoms with E-state index in [2.05, 4.69) is 27.7 Å². The van der Waals surface area contributed by atoms with Crippen LogP contribution in [0.2, 0.25) is 0 Å². The zero-order valence-electron chi connectivity index (χ0n) is 8.11. The van der Waals surface area contributed by atoms with Gasteiger partial charge < -0.3 is 9.64 Å². The van der Waals surface area contributed by atoms with Crippen molar-refractivity contribution in [2.24, 2.45) is 0 Å². The smallest absolute Gasteiger partial charge is 0.135 e. The van der Waals surface area contributed by atoms with Crippen LogP contribution in [0.25, 0.3) is 0 Å². The number of hydrogen-bond acceptors (Lipinski definition) is 1. The SMILES string of the molecule is CC[NH+](CC)C[C@H]1OC1(C)C. The molecule has 0 aromatic carbocycles. The fourth-order valence-corrected chi connectivity index (χ4v) is 1.42. The first-order valence-electron chi connectivity index (χ1n) is 4.61. The van der Waals surface area contributed by atoms with Gasteiger partial charge in [-0.25, -0.2) is 0 Å². The first kappa shape index (κ1) is 9.01. The van der Waals surface area contributed by atoms with Crippen molar-refractivity contribution < 1.29 is 9.64 Å². The van der Waals surface area contributed by atoms with Gasteiger partial charge >= 0.3 is 0 Å². The van der Waals surface area contributed by atoms with Crippen LogP contribution in [0.15, 0.2) is 0 Å². The van der Waals surface area contributed by atoms with Gasteiger partial charge in [0.1, 0.15) is 12.6 Å². The van der Waals surface area contributed by atoms with Crippen molar-refractivity contribution >= 4 is 0 Å². The van der Waals surface area contributed by atoms with E-state index in [1.807, 2.05) is 0 Å². The Kier molecular flexibility index (Phi) is 2.55. The molecule has 2 heteroatoms. The largest absolute Gasteiger partial charge is 0.361 e. The van der Waals surface area contributed by atoms with Gasteiger partial charge in [0.25, 0.3) is 0 Å². The van der Waals surface area contributed by atoms with Gasteiger partial charge in [0.2, 0.25) is 0 Å². The molecule has 1 N–H and O–H groups in total. The Morgan fingerprint density at radius 3 is 2.00 bits per heavy atom. The molecule has 1 atom stereocenters. The Bertz CT molecular complexity index is 130. The molecule has 0 bridgehead atoms. The maximum Gasteiger partial charge on any atom is 0.135 e. The predicted molar refractivity (Wildman–Crippen MR) is 45.9 cm³/mol. The van der Waals surface area contributed by atoms with E-state index < -0.39 is 0 Å². The molecule has 0 radical (unpaired) electrons. The number of rotatable bonds is 4. The van der Waals surface area contributed by atoms with E-state index in [4.69, 9.17) is 4.74 Å². The molecule has 11 heavy (non-hydrogen) atoms. The first-order valence-corrected chi connectivity index (χ1v) is 4.61. The minimum atomic E-state index is 0.176. The molecule has 1 aliphatic heterocycles. The van der Waals surface area contributed by atoms with Crippen LogP contribution in [0.5, 0.6) is 0 Å². The lowest BCUT2D eigenvalue weighted by Crippen LogP contribution is -3.12. The number of hydrogen-bond donors (Lipinski definition) is 1. The van der Waals surface area contributed by atoms with Crippen molar-refractivity contribution in [2.45, 2.75) is 39.4 Å². The highest BCUT2D eigenvalue weighted by molar-refractivity contribution is 4.94. The molecule has 0 aromatic heterocycles. The van der Waals surface area contributed by atoms with Crippen molar-refractivity contribution in [1.29, 1.82) is 0 Å². The Balaban J connectivity index is 2.21. The molecule has 1 saturated heterocycles. The minimum Gasteiger partial charge on any atom is -0.361 e. The molecule has 2 nitrogen and oxygen atoms in total. The Hall–Kier alpha value is -0.0800. The average molecular weight is 158 g/mol. The van der Waals surface area contributed by atoms with Crippen LogP contribution in [-0.2, 0) is 4.74 Å². The summed E-state index contributed by atoms with van der Waals surface area (Å²) in [4.78, 5) is 1.64. The summed E-state index contributed by atoms with van der Waals surface area (Å²) in [5, 5.41) is 0. The standard InChI is InChI=1S/C9H19NO/c1-5-10(6-2)7-8-9(3,4)11-8/h8H,5-7H2,1-4H3/p+1/t8-/m1/s1. The lowest BCUT2D eigenvalue weighted by molar-refractivity contribution is -0.897. The Labute approximate surface area is 69.5 Å². The van der Waals surface area contributed by atoms with Gasteiger partial charge in [-0.3, -0.25) is 0 Å². The third-order valence-electron chi connectivity index (χ3n) is 2.64. The summed E-state index contributed by atoms with van der Waals surface area (Å²) in [7, 11) is 0. The van der Waals surface area contributed by atoms with Gasteiger partial charge in [-0.15, -0.1) is 0 Å². The maximum atomic E-state index is 5.52. The van der Waals surface area contributed by atoms with Crippen LogP contribution < -0.4 is 4.90 Å². The van der Waals surface area contributed by atoms with E-state index >= 15 is 0 Å². The van der Waals surface area contributed by atoms with E-state index in [1.165, 1.54) is 19.6 Å². The van der Waals surface area contributed by atoms with Crippen molar-refractivity contribution in [3.8, 4) is 0 Å². The number of ether oxygens (including phenoxy) is 1. The molecule has 0 unspecified atom stereocenters. The molecule has 0 aromatic rings. The number of epoxide rings is 1. The summed E-state index contributed by atoms with van der Waals surface area (Å²) >= 11 is 0. The molecule has 0 spiro atoms. The highest BCUT2D eigenvalue weighted by Gasteiger charge is 2.49. The van der Waals surface area contributed by atoms with Gasteiger partial charge in [-0.2, -0.15) is 0 Å². The Morgan fingerprint density at radius 1 is 1.27 bits per heavy atom. The molecule has 1 fully saturated rings. The van der Waals surface area contributed by atoms with Crippen LogP contribution in [0.4, 0.5) is 0 Å². The monoisotopic (exact) mass is 158 g/mol. The molecule has 0 aliphatic carbocycles. The lowest BCUT2D eigenvalue weighted by Gasteiger charge is -2.13. The molecule has 0 saturated carbocycles. The highest BCUT2D eigenvalue weighted by Crippen LogP contribution is 2.33. The van der Waals surface area contributed by atoms with E-state index in [9.17, 15) is 0 Å². The molecule has 66 valence electrons. The maximum absolute atomic E-state index is 5.52. The van der Waals surface area contributed by atoms with Crippen molar-refractivity contribution in [3.63, 3.8) is 0 Å². The summed E-state index contributed by atoms with van der Waals surface area (Å²) < 4.78 is 5.52. The second-order valence-corrected chi connectivity index (χ2v) is 3.87. The normalized spacial score (nSPS) is 27.5. The summed E-state index contributed by atoms with van der Waals surface area (Å²) in [5.74, 6) is 0. The van der Waals surface area contributed by atoms with Gasteiger partial charge in [-0.05, 0) is 27.7 Å². The zero-order valence-corrected chi connectivity index (χ0v) is 8.11. The third-order valence-corrected chi connectivity index (χ3v) is 2.64. The predicted octanol–water partition coefficient (Wildman–Crippen LogP) is 0.0885. The minimum absolute atomic E-state index is 0.176. The van der Waals surface area contributed by atoms with Gasteiger partial charge in [-0.1, -0.05) is 0 Å². The summed E-state index contributed by atoms with van der Waals surface area (Å²) in [6.45, 7) is 12.4. The quantitative estimate of drug-likeness (QED) is 0.574. The molecule has 1 heterocycles. The summed E-state index contributed by atoms with van der Waals surface area (Å²) in [5.41, 5.74) is 0.176.